The lowest BCUT2D eigenvalue weighted by atomic mass is 10.1. The van der Waals surface area contributed by atoms with Crippen molar-refractivity contribution in [1.29, 1.82) is 0 Å². The van der Waals surface area contributed by atoms with Crippen LogP contribution in [0.3, 0.4) is 0 Å². The number of pyridine rings is 1. The average molecular weight is 434 g/mol. The second-order valence-corrected chi connectivity index (χ2v) is 8.31. The largest absolute Gasteiger partial charge is 0.489 e. The molecule has 5 rings (SSSR count). The quantitative estimate of drug-likeness (QED) is 0.643. The van der Waals surface area contributed by atoms with Gasteiger partial charge in [-0.2, -0.15) is 0 Å². The maximum absolute atomic E-state index is 12.5. The van der Waals surface area contributed by atoms with Crippen LogP contribution in [-0.4, -0.2) is 58.5 Å². The highest BCUT2D eigenvalue weighted by Gasteiger charge is 2.33. The van der Waals surface area contributed by atoms with Gasteiger partial charge in [0.15, 0.2) is 0 Å². The summed E-state index contributed by atoms with van der Waals surface area (Å²) in [6.45, 7) is 2.94. The van der Waals surface area contributed by atoms with E-state index in [4.69, 9.17) is 9.47 Å². The third kappa shape index (κ3) is 4.45. The summed E-state index contributed by atoms with van der Waals surface area (Å²) in [4.78, 5) is 31.2. The van der Waals surface area contributed by atoms with Crippen LogP contribution in [0.4, 0.5) is 0 Å². The van der Waals surface area contributed by atoms with Crippen LogP contribution in [0.1, 0.15) is 28.8 Å². The first kappa shape index (κ1) is 20.5. The van der Waals surface area contributed by atoms with Gasteiger partial charge in [0.25, 0.3) is 5.91 Å². The van der Waals surface area contributed by atoms with Crippen LogP contribution in [0.25, 0.3) is 5.65 Å². The highest BCUT2D eigenvalue weighted by molar-refractivity contribution is 5.94. The van der Waals surface area contributed by atoms with Crippen molar-refractivity contribution in [3.05, 3.63) is 66.1 Å². The van der Waals surface area contributed by atoms with Gasteiger partial charge < -0.3 is 24.1 Å². The zero-order valence-electron chi connectivity index (χ0n) is 17.8. The van der Waals surface area contributed by atoms with Crippen LogP contribution in [0, 0.1) is 5.92 Å². The summed E-state index contributed by atoms with van der Waals surface area (Å²) in [7, 11) is 0. The molecule has 8 heteroatoms. The molecule has 8 nitrogen and oxygen atoms in total. The number of carbonyl (C=O) groups excluding carboxylic acids is 2. The summed E-state index contributed by atoms with van der Waals surface area (Å²) in [5.74, 6) is 0.728. The SMILES string of the molecule is O=C(NCc1ccn2ccnc2c1)c1ccc(O[C@H]2CCN(C(=O)[C@@H]3CCOC3)C2)cc1. The Hall–Kier alpha value is -3.39. The molecule has 4 heterocycles. The van der Waals surface area contributed by atoms with E-state index in [-0.39, 0.29) is 23.8 Å². The highest BCUT2D eigenvalue weighted by Crippen LogP contribution is 2.23. The minimum atomic E-state index is -0.142. The van der Waals surface area contributed by atoms with E-state index in [0.717, 1.165) is 24.1 Å². The summed E-state index contributed by atoms with van der Waals surface area (Å²) in [5.41, 5.74) is 2.41. The maximum Gasteiger partial charge on any atom is 0.251 e. The van der Waals surface area contributed by atoms with Crippen molar-refractivity contribution in [3.8, 4) is 5.75 Å². The molecule has 2 atom stereocenters. The number of likely N-dealkylation sites (tertiary alicyclic amines) is 1. The predicted molar refractivity (Wildman–Crippen MR) is 117 cm³/mol. The monoisotopic (exact) mass is 434 g/mol. The molecule has 3 aromatic rings. The smallest absolute Gasteiger partial charge is 0.251 e. The lowest BCUT2D eigenvalue weighted by Gasteiger charge is -2.20. The third-order valence-electron chi connectivity index (χ3n) is 6.07. The Morgan fingerprint density at radius 1 is 1.16 bits per heavy atom. The fourth-order valence-corrected chi connectivity index (χ4v) is 4.24. The predicted octanol–water partition coefficient (Wildman–Crippen LogP) is 2.28. The summed E-state index contributed by atoms with van der Waals surface area (Å²) in [6.07, 6.45) is 7.14. The molecule has 2 saturated heterocycles. The van der Waals surface area contributed by atoms with E-state index in [1.165, 1.54) is 0 Å². The van der Waals surface area contributed by atoms with Crippen molar-refractivity contribution in [1.82, 2.24) is 19.6 Å². The maximum atomic E-state index is 12.5. The number of carbonyl (C=O) groups is 2. The van der Waals surface area contributed by atoms with Gasteiger partial charge in [-0.05, 0) is 48.4 Å². The average Bonchev–Trinajstić information content (AvgIpc) is 3.59. The zero-order chi connectivity index (χ0) is 21.9. The number of ether oxygens (including phenoxy) is 2. The molecule has 2 aromatic heterocycles. The van der Waals surface area contributed by atoms with Crippen molar-refractivity contribution >= 4 is 17.5 Å². The van der Waals surface area contributed by atoms with Gasteiger partial charge in [0, 0.05) is 50.3 Å². The van der Waals surface area contributed by atoms with Crippen LogP contribution >= 0.6 is 0 Å². The Labute approximate surface area is 186 Å². The van der Waals surface area contributed by atoms with Crippen molar-refractivity contribution in [2.45, 2.75) is 25.5 Å². The number of hydrogen-bond donors (Lipinski definition) is 1. The summed E-state index contributed by atoms with van der Waals surface area (Å²) < 4.78 is 13.3. The summed E-state index contributed by atoms with van der Waals surface area (Å²) in [6, 6.07) is 11.0. The minimum absolute atomic E-state index is 0.00633. The van der Waals surface area contributed by atoms with Gasteiger partial charge in [0.2, 0.25) is 5.91 Å². The van der Waals surface area contributed by atoms with Crippen LogP contribution < -0.4 is 10.1 Å². The fraction of sp³-hybridized carbons (Fsp3) is 0.375. The number of hydrogen-bond acceptors (Lipinski definition) is 5. The first-order valence-electron chi connectivity index (χ1n) is 11.0. The molecule has 1 aromatic carbocycles. The molecule has 32 heavy (non-hydrogen) atoms. The Balaban J connectivity index is 1.12. The molecule has 0 aliphatic carbocycles. The van der Waals surface area contributed by atoms with Gasteiger partial charge >= 0.3 is 0 Å². The Bertz CT molecular complexity index is 1100. The standard InChI is InChI=1S/C24H26N4O4/c29-23(26-14-17-5-9-27-11-8-25-22(27)13-17)18-1-3-20(4-2-18)32-21-6-10-28(15-21)24(30)19-7-12-31-16-19/h1-5,8-9,11,13,19,21H,6-7,10,12,14-16H2,(H,26,29)/t19-,21+/m1/s1. The number of nitrogens with zero attached hydrogens (tertiary/aromatic N) is 3. The molecule has 0 unspecified atom stereocenters. The Morgan fingerprint density at radius 2 is 2.03 bits per heavy atom. The Morgan fingerprint density at radius 3 is 2.84 bits per heavy atom. The normalized spacial score (nSPS) is 20.6. The lowest BCUT2D eigenvalue weighted by Crippen LogP contribution is -2.36. The molecule has 2 aliphatic heterocycles. The molecule has 0 radical (unpaired) electrons. The molecule has 1 N–H and O–H groups in total. The molecular formula is C24H26N4O4. The van der Waals surface area contributed by atoms with E-state index in [0.29, 0.717) is 44.2 Å². The van der Waals surface area contributed by atoms with Gasteiger partial charge in [-0.1, -0.05) is 0 Å². The minimum Gasteiger partial charge on any atom is -0.489 e. The Kier molecular flexibility index (Phi) is 5.77. The van der Waals surface area contributed by atoms with Gasteiger partial charge in [-0.3, -0.25) is 9.59 Å². The van der Waals surface area contributed by atoms with E-state index in [1.54, 1.807) is 30.5 Å². The molecule has 2 aliphatic rings. The van der Waals surface area contributed by atoms with Gasteiger partial charge in [0.1, 0.15) is 17.5 Å². The summed E-state index contributed by atoms with van der Waals surface area (Å²) in [5, 5.41) is 2.94. The topological polar surface area (TPSA) is 85.2 Å². The number of fused-ring (bicyclic) bond motifs is 1. The summed E-state index contributed by atoms with van der Waals surface area (Å²) >= 11 is 0. The second kappa shape index (κ2) is 9.00. The van der Waals surface area contributed by atoms with Crippen molar-refractivity contribution in [2.75, 3.05) is 26.3 Å². The third-order valence-corrected chi connectivity index (χ3v) is 6.07. The van der Waals surface area contributed by atoms with Crippen molar-refractivity contribution < 1.29 is 19.1 Å². The van der Waals surface area contributed by atoms with E-state index in [9.17, 15) is 9.59 Å². The van der Waals surface area contributed by atoms with Gasteiger partial charge in [-0.25, -0.2) is 4.98 Å². The number of benzene rings is 1. The number of imidazole rings is 1. The molecule has 0 spiro atoms. The molecule has 0 bridgehead atoms. The number of nitrogens with one attached hydrogen (secondary N) is 1. The van der Waals surface area contributed by atoms with Crippen LogP contribution in [0.15, 0.2) is 55.0 Å². The van der Waals surface area contributed by atoms with Crippen LogP contribution in [0.5, 0.6) is 5.75 Å². The first-order chi connectivity index (χ1) is 15.7. The second-order valence-electron chi connectivity index (χ2n) is 8.31. The molecule has 2 fully saturated rings. The van der Waals surface area contributed by atoms with E-state index < -0.39 is 0 Å². The van der Waals surface area contributed by atoms with E-state index in [2.05, 4.69) is 10.3 Å². The van der Waals surface area contributed by atoms with Gasteiger partial charge in [-0.15, -0.1) is 0 Å². The molecule has 2 amide bonds. The van der Waals surface area contributed by atoms with Crippen LogP contribution in [0.2, 0.25) is 0 Å². The number of amides is 2. The number of aromatic nitrogens is 2. The lowest BCUT2D eigenvalue weighted by molar-refractivity contribution is -0.134. The fourth-order valence-electron chi connectivity index (χ4n) is 4.24. The highest BCUT2D eigenvalue weighted by atomic mass is 16.5. The van der Waals surface area contributed by atoms with Crippen molar-refractivity contribution in [2.24, 2.45) is 5.92 Å². The van der Waals surface area contributed by atoms with Gasteiger partial charge in [0.05, 0.1) is 19.1 Å². The van der Waals surface area contributed by atoms with Crippen LogP contribution in [-0.2, 0) is 16.1 Å². The van der Waals surface area contributed by atoms with E-state index >= 15 is 0 Å². The first-order valence-corrected chi connectivity index (χ1v) is 11.0. The number of rotatable bonds is 6. The van der Waals surface area contributed by atoms with Crippen molar-refractivity contribution in [3.63, 3.8) is 0 Å². The molecular weight excluding hydrogens is 408 g/mol. The molecule has 166 valence electrons. The zero-order valence-corrected chi connectivity index (χ0v) is 17.8. The van der Waals surface area contributed by atoms with E-state index in [1.807, 2.05) is 33.8 Å². The molecule has 0 saturated carbocycles.